The fourth-order valence-corrected chi connectivity index (χ4v) is 2.18. The van der Waals surface area contributed by atoms with Crippen LogP contribution in [0.1, 0.15) is 38.5 Å². The monoisotopic (exact) mass is 253 g/mol. The highest BCUT2D eigenvalue weighted by molar-refractivity contribution is 5.73. The second kappa shape index (κ2) is 6.23. The summed E-state index contributed by atoms with van der Waals surface area (Å²) in [6.45, 7) is 1.13. The van der Waals surface area contributed by atoms with E-state index in [0.29, 0.717) is 25.9 Å². The van der Waals surface area contributed by atoms with Crippen LogP contribution in [0.25, 0.3) is 0 Å². The summed E-state index contributed by atoms with van der Waals surface area (Å²) >= 11 is 0. The molecule has 0 amide bonds. The molecule has 3 nitrogen and oxygen atoms in total. The van der Waals surface area contributed by atoms with Gasteiger partial charge in [-0.2, -0.15) is 13.2 Å². The minimum atomic E-state index is -4.10. The molecule has 0 saturated carbocycles. The molecule has 1 unspecified atom stereocenters. The van der Waals surface area contributed by atoms with E-state index in [1.807, 2.05) is 0 Å². The third-order valence-corrected chi connectivity index (χ3v) is 3.05. The zero-order chi connectivity index (χ0) is 12.9. The smallest absolute Gasteiger partial charge is 0.389 e. The summed E-state index contributed by atoms with van der Waals surface area (Å²) in [5.74, 6) is -0.861. The van der Waals surface area contributed by atoms with Crippen LogP contribution in [0, 0.1) is 0 Å². The predicted octanol–water partition coefficient (Wildman–Crippen LogP) is 2.66. The van der Waals surface area contributed by atoms with Crippen LogP contribution < -0.4 is 0 Å². The average Bonchev–Trinajstić information content (AvgIpc) is 2.23. The van der Waals surface area contributed by atoms with Crippen molar-refractivity contribution in [1.29, 1.82) is 0 Å². The van der Waals surface area contributed by atoms with E-state index in [9.17, 15) is 18.0 Å². The molecule has 0 bridgehead atoms. The normalized spacial score (nSPS) is 22.6. The van der Waals surface area contributed by atoms with Gasteiger partial charge in [0.1, 0.15) is 6.04 Å². The van der Waals surface area contributed by atoms with Crippen molar-refractivity contribution in [2.75, 3.05) is 13.1 Å². The highest BCUT2D eigenvalue weighted by Crippen LogP contribution is 2.23. The Bertz CT molecular complexity index is 256. The van der Waals surface area contributed by atoms with Crippen molar-refractivity contribution in [3.63, 3.8) is 0 Å². The summed E-state index contributed by atoms with van der Waals surface area (Å²) in [4.78, 5) is 12.7. The van der Waals surface area contributed by atoms with Crippen LogP contribution in [0.15, 0.2) is 0 Å². The van der Waals surface area contributed by atoms with Crippen LogP contribution in [0.4, 0.5) is 13.2 Å². The topological polar surface area (TPSA) is 40.5 Å². The first kappa shape index (κ1) is 14.3. The Kier molecular flexibility index (Phi) is 5.24. The maximum absolute atomic E-state index is 11.9. The van der Waals surface area contributed by atoms with E-state index in [2.05, 4.69) is 0 Å². The standard InChI is InChI=1S/C11H18F3NO2/c12-11(13,14)6-2-4-8-15-7-3-1-5-9(15)10(16)17/h9H,1-8H2,(H,16,17). The molecule has 1 rings (SSSR count). The van der Waals surface area contributed by atoms with E-state index < -0.39 is 24.6 Å². The van der Waals surface area contributed by atoms with Crippen molar-refractivity contribution in [3.05, 3.63) is 0 Å². The van der Waals surface area contributed by atoms with Gasteiger partial charge < -0.3 is 5.11 Å². The maximum atomic E-state index is 11.9. The summed E-state index contributed by atoms with van der Waals surface area (Å²) in [7, 11) is 0. The summed E-state index contributed by atoms with van der Waals surface area (Å²) in [5.41, 5.74) is 0. The Morgan fingerprint density at radius 3 is 2.59 bits per heavy atom. The number of likely N-dealkylation sites (tertiary alicyclic amines) is 1. The molecule has 1 aliphatic rings. The van der Waals surface area contributed by atoms with Gasteiger partial charge in [-0.05, 0) is 38.8 Å². The van der Waals surface area contributed by atoms with Crippen LogP contribution in [-0.2, 0) is 4.79 Å². The molecule has 1 heterocycles. The van der Waals surface area contributed by atoms with E-state index in [0.717, 1.165) is 12.8 Å². The summed E-state index contributed by atoms with van der Waals surface area (Å²) < 4.78 is 35.8. The Morgan fingerprint density at radius 2 is 2.00 bits per heavy atom. The maximum Gasteiger partial charge on any atom is 0.389 e. The Morgan fingerprint density at radius 1 is 1.29 bits per heavy atom. The lowest BCUT2D eigenvalue weighted by Crippen LogP contribution is -2.45. The van der Waals surface area contributed by atoms with Crippen LogP contribution in [0.3, 0.4) is 0 Å². The quantitative estimate of drug-likeness (QED) is 0.766. The van der Waals surface area contributed by atoms with Gasteiger partial charge in [0.25, 0.3) is 0 Å². The van der Waals surface area contributed by atoms with Crippen molar-refractivity contribution in [1.82, 2.24) is 4.90 Å². The van der Waals surface area contributed by atoms with Crippen LogP contribution in [0.5, 0.6) is 0 Å². The van der Waals surface area contributed by atoms with Gasteiger partial charge >= 0.3 is 12.1 Å². The van der Waals surface area contributed by atoms with Gasteiger partial charge in [0, 0.05) is 6.42 Å². The molecular weight excluding hydrogens is 235 g/mol. The summed E-state index contributed by atoms with van der Waals surface area (Å²) in [6.07, 6.45) is -1.98. The number of nitrogens with zero attached hydrogens (tertiary/aromatic N) is 1. The number of carbonyl (C=O) groups is 1. The number of alkyl halides is 3. The van der Waals surface area contributed by atoms with Gasteiger partial charge in [-0.3, -0.25) is 9.69 Å². The molecule has 1 aliphatic heterocycles. The fraction of sp³-hybridized carbons (Fsp3) is 0.909. The lowest BCUT2D eigenvalue weighted by Gasteiger charge is -2.32. The zero-order valence-electron chi connectivity index (χ0n) is 9.67. The van der Waals surface area contributed by atoms with Crippen molar-refractivity contribution < 1.29 is 23.1 Å². The number of hydrogen-bond donors (Lipinski definition) is 1. The van der Waals surface area contributed by atoms with Crippen LogP contribution >= 0.6 is 0 Å². The third-order valence-electron chi connectivity index (χ3n) is 3.05. The van der Waals surface area contributed by atoms with Crippen molar-refractivity contribution >= 4 is 5.97 Å². The molecule has 0 spiro atoms. The average molecular weight is 253 g/mol. The number of hydrogen-bond acceptors (Lipinski definition) is 2. The highest BCUT2D eigenvalue weighted by Gasteiger charge is 2.29. The number of halogens is 3. The van der Waals surface area contributed by atoms with Gasteiger partial charge in [-0.15, -0.1) is 0 Å². The summed E-state index contributed by atoms with van der Waals surface area (Å²) in [5, 5.41) is 8.97. The molecule has 0 aromatic carbocycles. The van der Waals surface area contributed by atoms with Crippen molar-refractivity contribution in [2.24, 2.45) is 0 Å². The predicted molar refractivity (Wildman–Crippen MR) is 56.8 cm³/mol. The first-order valence-corrected chi connectivity index (χ1v) is 5.94. The minimum absolute atomic E-state index is 0.0757. The van der Waals surface area contributed by atoms with E-state index in [4.69, 9.17) is 5.11 Å². The Balaban J connectivity index is 2.26. The van der Waals surface area contributed by atoms with Gasteiger partial charge in [0.15, 0.2) is 0 Å². The SMILES string of the molecule is O=C(O)C1CCCCN1CCCCC(F)(F)F. The van der Waals surface area contributed by atoms with E-state index in [1.54, 1.807) is 4.90 Å². The first-order valence-electron chi connectivity index (χ1n) is 5.94. The zero-order valence-corrected chi connectivity index (χ0v) is 9.67. The number of unbranched alkanes of at least 4 members (excludes halogenated alkanes) is 1. The van der Waals surface area contributed by atoms with Crippen LogP contribution in [0.2, 0.25) is 0 Å². The highest BCUT2D eigenvalue weighted by atomic mass is 19.4. The van der Waals surface area contributed by atoms with Gasteiger partial charge in [-0.25, -0.2) is 0 Å². The molecular formula is C11H18F3NO2. The molecule has 17 heavy (non-hydrogen) atoms. The third kappa shape index (κ3) is 5.39. The molecule has 1 fully saturated rings. The Hall–Kier alpha value is -0.780. The van der Waals surface area contributed by atoms with E-state index >= 15 is 0 Å². The number of rotatable bonds is 5. The second-order valence-corrected chi connectivity index (χ2v) is 4.46. The Labute approximate surface area is 98.6 Å². The van der Waals surface area contributed by atoms with E-state index in [-0.39, 0.29) is 6.42 Å². The van der Waals surface area contributed by atoms with Gasteiger partial charge in [0.05, 0.1) is 0 Å². The molecule has 6 heteroatoms. The van der Waals surface area contributed by atoms with Crippen molar-refractivity contribution in [3.8, 4) is 0 Å². The number of carboxylic acids is 1. The van der Waals surface area contributed by atoms with E-state index in [1.165, 1.54) is 0 Å². The minimum Gasteiger partial charge on any atom is -0.480 e. The molecule has 100 valence electrons. The number of piperidine rings is 1. The molecule has 0 aromatic heterocycles. The molecule has 0 aliphatic carbocycles. The molecule has 0 aromatic rings. The van der Waals surface area contributed by atoms with Crippen LogP contribution in [-0.4, -0.2) is 41.3 Å². The summed E-state index contributed by atoms with van der Waals surface area (Å²) in [6, 6.07) is -0.505. The van der Waals surface area contributed by atoms with Gasteiger partial charge in [-0.1, -0.05) is 6.42 Å². The largest absolute Gasteiger partial charge is 0.480 e. The number of aliphatic carboxylic acids is 1. The van der Waals surface area contributed by atoms with Gasteiger partial charge in [0.2, 0.25) is 0 Å². The molecule has 1 atom stereocenters. The van der Waals surface area contributed by atoms with Crippen molar-refractivity contribution in [2.45, 2.75) is 50.7 Å². The second-order valence-electron chi connectivity index (χ2n) is 4.46. The lowest BCUT2D eigenvalue weighted by atomic mass is 10.0. The molecule has 1 N–H and O–H groups in total. The number of carboxylic acid groups (broad SMARTS) is 1. The lowest BCUT2D eigenvalue weighted by molar-refractivity contribution is -0.145. The first-order chi connectivity index (χ1) is 7.90. The molecule has 0 radical (unpaired) electrons. The molecule has 1 saturated heterocycles. The fourth-order valence-electron chi connectivity index (χ4n) is 2.18.